The average Bonchev–Trinajstić information content (AvgIpc) is 3.03. The maximum absolute atomic E-state index is 10.2. The summed E-state index contributed by atoms with van der Waals surface area (Å²) in [5, 5.41) is 20.3. The number of benzene rings is 4. The average molecular weight is 509 g/mol. The van der Waals surface area contributed by atoms with Gasteiger partial charge in [-0.3, -0.25) is 0 Å². The first-order valence-corrected chi connectivity index (χ1v) is 12.5. The highest BCUT2D eigenvalue weighted by molar-refractivity contribution is 6.05. The molecule has 40 heavy (non-hydrogen) atoms. The number of allylic oxidation sites excluding steroid dienone is 5. The zero-order chi connectivity index (χ0) is 27.9. The molecule has 0 N–H and O–H groups in total. The minimum Gasteiger partial charge on any atom is -0.192 e. The summed E-state index contributed by atoms with van der Waals surface area (Å²) >= 11 is 0. The summed E-state index contributed by atoms with van der Waals surface area (Å²) in [6.45, 7) is 15.9. The largest absolute Gasteiger partial charge is 0.527 e. The molecule has 1 aliphatic carbocycles. The van der Waals surface area contributed by atoms with Crippen LogP contribution in [-0.2, 0) is 0 Å². The molecule has 0 aromatic heterocycles. The van der Waals surface area contributed by atoms with Crippen LogP contribution in [0.4, 0.5) is 0 Å². The normalized spacial score (nSPS) is 11.7. The van der Waals surface area contributed by atoms with Crippen LogP contribution in [0.2, 0.25) is 0 Å². The Morgan fingerprint density at radius 1 is 0.450 bits per heavy atom. The topological polar surface area (TPSA) is 56.3 Å². The summed E-state index contributed by atoms with van der Waals surface area (Å²) in [7, 11) is 0. The Labute approximate surface area is 233 Å². The van der Waals surface area contributed by atoms with Gasteiger partial charge in [0, 0.05) is 5.57 Å². The maximum atomic E-state index is 10.2. The fourth-order valence-corrected chi connectivity index (χ4v) is 5.01. The van der Waals surface area contributed by atoms with E-state index in [-0.39, 0.29) is 11.4 Å². The first-order chi connectivity index (χ1) is 19.7. The van der Waals surface area contributed by atoms with Gasteiger partial charge in [-0.05, 0) is 44.5 Å². The molecular weight excluding hydrogens is 488 g/mol. The van der Waals surface area contributed by atoms with Gasteiger partial charge in [0.25, 0.3) is 0 Å². The van der Waals surface area contributed by atoms with E-state index in [4.69, 9.17) is 13.1 Å². The van der Waals surface area contributed by atoms with Crippen LogP contribution in [0.15, 0.2) is 155 Å². The molecule has 0 radical (unpaired) electrons. The van der Waals surface area contributed by atoms with Crippen molar-refractivity contribution < 1.29 is 0 Å². The molecule has 4 heteroatoms. The predicted octanol–water partition coefficient (Wildman–Crippen LogP) is 8.40. The Hall–Kier alpha value is -6.20. The SMILES string of the molecule is [C-]#[N+]C([N+]#[C-])=C1C(=C(c2ccccc2)c2ccccc2)C(=C(C#N)C#N)C1=C(c1ccccc1)c1ccccc1. The Balaban J connectivity index is 2.05. The van der Waals surface area contributed by atoms with Crippen LogP contribution >= 0.6 is 0 Å². The number of hydrogen-bond donors (Lipinski definition) is 0. The molecule has 1 fully saturated rings. The quantitative estimate of drug-likeness (QED) is 0.205. The van der Waals surface area contributed by atoms with Crippen LogP contribution in [-0.4, -0.2) is 0 Å². The fourth-order valence-electron chi connectivity index (χ4n) is 5.01. The van der Waals surface area contributed by atoms with E-state index in [9.17, 15) is 10.5 Å². The van der Waals surface area contributed by atoms with Gasteiger partial charge in [0.2, 0.25) is 0 Å². The first-order valence-electron chi connectivity index (χ1n) is 12.5. The third-order valence-corrected chi connectivity index (χ3v) is 6.66. The van der Waals surface area contributed by atoms with Crippen molar-refractivity contribution in [3.05, 3.63) is 200 Å². The third-order valence-electron chi connectivity index (χ3n) is 6.66. The number of nitrogens with zero attached hydrogens (tertiary/aromatic N) is 4. The molecule has 1 saturated carbocycles. The highest BCUT2D eigenvalue weighted by atomic mass is 14.9. The molecule has 4 nitrogen and oxygen atoms in total. The highest BCUT2D eigenvalue weighted by Gasteiger charge is 2.44. The molecule has 0 spiro atoms. The second-order valence-electron chi connectivity index (χ2n) is 8.86. The van der Waals surface area contributed by atoms with Gasteiger partial charge in [-0.2, -0.15) is 20.2 Å². The van der Waals surface area contributed by atoms with Crippen LogP contribution in [0.5, 0.6) is 0 Å². The Bertz CT molecular complexity index is 1610. The van der Waals surface area contributed by atoms with Crippen molar-refractivity contribution in [2.75, 3.05) is 0 Å². The molecule has 5 rings (SSSR count). The second-order valence-corrected chi connectivity index (χ2v) is 8.86. The molecule has 0 bridgehead atoms. The van der Waals surface area contributed by atoms with Crippen molar-refractivity contribution >= 4 is 11.1 Å². The van der Waals surface area contributed by atoms with Gasteiger partial charge in [-0.25, -0.2) is 0 Å². The van der Waals surface area contributed by atoms with Crippen LogP contribution in [0, 0.1) is 35.8 Å². The van der Waals surface area contributed by atoms with Gasteiger partial charge >= 0.3 is 5.82 Å². The lowest BCUT2D eigenvalue weighted by atomic mass is 9.65. The van der Waals surface area contributed by atoms with E-state index in [1.807, 2.05) is 121 Å². The first kappa shape index (κ1) is 25.4. The molecule has 0 amide bonds. The number of nitriles is 2. The molecule has 4 aromatic rings. The Kier molecular flexibility index (Phi) is 7.29. The van der Waals surface area contributed by atoms with Crippen molar-refractivity contribution in [1.82, 2.24) is 0 Å². The summed E-state index contributed by atoms with van der Waals surface area (Å²) < 4.78 is 0. The lowest BCUT2D eigenvalue weighted by Gasteiger charge is -2.34. The molecule has 0 atom stereocenters. The Morgan fingerprint density at radius 2 is 0.750 bits per heavy atom. The number of hydrogen-bond acceptors (Lipinski definition) is 2. The van der Waals surface area contributed by atoms with E-state index in [0.29, 0.717) is 22.3 Å². The van der Waals surface area contributed by atoms with E-state index in [0.717, 1.165) is 33.4 Å². The lowest BCUT2D eigenvalue weighted by molar-refractivity contribution is 1.19. The van der Waals surface area contributed by atoms with Gasteiger partial charge in [0.1, 0.15) is 30.9 Å². The standard InChI is InChI=1S/C36H20N4/c1-39-36(40-2)35-33(30(25-15-7-3-8-16-25)26-17-9-4-10-18-26)32(29(23-37)24-38)34(35)31(27-19-11-5-12-20-27)28-21-13-6-14-22-28/h3-22H. The van der Waals surface area contributed by atoms with Gasteiger partial charge in [0.05, 0.1) is 5.57 Å². The van der Waals surface area contributed by atoms with Crippen molar-refractivity contribution in [3.8, 4) is 12.1 Å². The zero-order valence-electron chi connectivity index (χ0n) is 21.3. The Morgan fingerprint density at radius 3 is 1.00 bits per heavy atom. The molecule has 0 heterocycles. The van der Waals surface area contributed by atoms with E-state index < -0.39 is 0 Å². The van der Waals surface area contributed by atoms with Crippen molar-refractivity contribution in [1.29, 1.82) is 10.5 Å². The maximum Gasteiger partial charge on any atom is 0.527 e. The molecule has 0 aliphatic heterocycles. The zero-order valence-corrected chi connectivity index (χ0v) is 21.3. The highest BCUT2D eigenvalue weighted by Crippen LogP contribution is 2.56. The lowest BCUT2D eigenvalue weighted by Crippen LogP contribution is -2.21. The van der Waals surface area contributed by atoms with Crippen molar-refractivity contribution in [3.63, 3.8) is 0 Å². The van der Waals surface area contributed by atoms with Gasteiger partial charge in [0.15, 0.2) is 0 Å². The second kappa shape index (κ2) is 11.5. The number of rotatable bonds is 4. The molecule has 0 unspecified atom stereocenters. The van der Waals surface area contributed by atoms with Crippen molar-refractivity contribution in [2.45, 2.75) is 0 Å². The predicted molar refractivity (Wildman–Crippen MR) is 156 cm³/mol. The van der Waals surface area contributed by atoms with E-state index in [1.54, 1.807) is 0 Å². The van der Waals surface area contributed by atoms with E-state index in [1.165, 1.54) is 0 Å². The molecule has 4 aromatic carbocycles. The monoisotopic (exact) mass is 508 g/mol. The summed E-state index contributed by atoms with van der Waals surface area (Å²) in [5.74, 6) is -0.113. The molecule has 1 aliphatic rings. The smallest absolute Gasteiger partial charge is 0.192 e. The molecule has 184 valence electrons. The van der Waals surface area contributed by atoms with Gasteiger partial charge in [-0.1, -0.05) is 121 Å². The van der Waals surface area contributed by atoms with Crippen LogP contribution < -0.4 is 0 Å². The van der Waals surface area contributed by atoms with Gasteiger partial charge in [-0.15, -0.1) is 0 Å². The summed E-state index contributed by atoms with van der Waals surface area (Å²) in [6, 6.07) is 42.8. The molecule has 0 saturated heterocycles. The van der Waals surface area contributed by atoms with Gasteiger partial charge < -0.3 is 0 Å². The van der Waals surface area contributed by atoms with Crippen LogP contribution in [0.1, 0.15) is 22.3 Å². The minimum atomic E-state index is -0.113. The van der Waals surface area contributed by atoms with E-state index >= 15 is 0 Å². The third kappa shape index (κ3) is 4.51. The minimum absolute atomic E-state index is 0.0724. The fraction of sp³-hybridized carbons (Fsp3) is 0. The van der Waals surface area contributed by atoms with E-state index in [2.05, 4.69) is 21.8 Å². The van der Waals surface area contributed by atoms with Crippen LogP contribution in [0.25, 0.3) is 20.8 Å². The molecular formula is C36H20N4. The summed E-state index contributed by atoms with van der Waals surface area (Å²) in [4.78, 5) is 7.27. The summed E-state index contributed by atoms with van der Waals surface area (Å²) in [6.07, 6.45) is 0. The van der Waals surface area contributed by atoms with Crippen LogP contribution in [0.3, 0.4) is 0 Å². The van der Waals surface area contributed by atoms with Crippen molar-refractivity contribution in [2.24, 2.45) is 0 Å². The summed E-state index contributed by atoms with van der Waals surface area (Å²) in [5.41, 5.74) is 6.82.